The minimum absolute atomic E-state index is 0.0467. The minimum Gasteiger partial charge on any atom is -0.507 e. The number of phenols is 1. The molecule has 1 N–H and O–H groups in total. The Morgan fingerprint density at radius 1 is 1.00 bits per heavy atom. The van der Waals surface area contributed by atoms with Crippen LogP contribution in [0.15, 0.2) is 54.6 Å². The molecule has 0 saturated heterocycles. The molecule has 1 amide bonds. The lowest BCUT2D eigenvalue weighted by Gasteiger charge is -2.18. The second-order valence-corrected chi connectivity index (χ2v) is 6.89. The summed E-state index contributed by atoms with van der Waals surface area (Å²) in [5.41, 5.74) is 1.82. The predicted molar refractivity (Wildman–Crippen MR) is 110 cm³/mol. The summed E-state index contributed by atoms with van der Waals surface area (Å²) in [5, 5.41) is 11.9. The van der Waals surface area contributed by atoms with Crippen LogP contribution in [0.3, 0.4) is 0 Å². The topological polar surface area (TPSA) is 76.1 Å². The number of methoxy groups -OCH3 is 1. The van der Waals surface area contributed by atoms with Crippen molar-refractivity contribution < 1.29 is 24.2 Å². The number of aromatic hydroxyl groups is 1. The van der Waals surface area contributed by atoms with Gasteiger partial charge in [0.15, 0.2) is 6.61 Å². The average molecular weight is 393 g/mol. The van der Waals surface area contributed by atoms with Crippen molar-refractivity contribution in [1.29, 1.82) is 0 Å². The maximum Gasteiger partial charge on any atom is 0.342 e. The molecule has 0 heterocycles. The summed E-state index contributed by atoms with van der Waals surface area (Å²) in [5.74, 6) is -0.443. The number of hydrogen-bond acceptors (Lipinski definition) is 5. The lowest BCUT2D eigenvalue weighted by Crippen LogP contribution is -2.30. The molecule has 3 aromatic rings. The molecule has 3 aromatic carbocycles. The van der Waals surface area contributed by atoms with Crippen molar-refractivity contribution in [3.05, 3.63) is 71.3 Å². The zero-order valence-corrected chi connectivity index (χ0v) is 16.6. The van der Waals surface area contributed by atoms with E-state index in [0.717, 1.165) is 27.6 Å². The van der Waals surface area contributed by atoms with Crippen LogP contribution in [0.25, 0.3) is 10.8 Å². The molecule has 6 heteroatoms. The van der Waals surface area contributed by atoms with Crippen LogP contribution in [0.1, 0.15) is 21.5 Å². The zero-order valence-electron chi connectivity index (χ0n) is 16.6. The number of amides is 1. The first-order chi connectivity index (χ1) is 13.9. The third-order valence-corrected chi connectivity index (χ3v) is 4.66. The molecule has 0 bridgehead atoms. The molecular formula is C23H23NO5. The highest BCUT2D eigenvalue weighted by atomic mass is 16.5. The lowest BCUT2D eigenvalue weighted by molar-refractivity contribution is -0.133. The number of ether oxygens (including phenoxy) is 2. The van der Waals surface area contributed by atoms with E-state index in [2.05, 4.69) is 0 Å². The molecule has 0 fully saturated rings. The molecule has 0 aliphatic rings. The number of carbonyl (C=O) groups is 2. The van der Waals surface area contributed by atoms with Gasteiger partial charge in [0.1, 0.15) is 17.1 Å². The number of benzene rings is 3. The summed E-state index contributed by atoms with van der Waals surface area (Å²) < 4.78 is 10.3. The number of fused-ring (bicyclic) bond motifs is 1. The van der Waals surface area contributed by atoms with Crippen molar-refractivity contribution in [2.75, 3.05) is 20.8 Å². The third-order valence-electron chi connectivity index (χ3n) is 4.66. The van der Waals surface area contributed by atoms with Crippen molar-refractivity contribution in [1.82, 2.24) is 4.90 Å². The van der Waals surface area contributed by atoms with E-state index in [0.29, 0.717) is 6.54 Å². The summed E-state index contributed by atoms with van der Waals surface area (Å²) in [4.78, 5) is 26.0. The molecule has 0 aliphatic carbocycles. The maximum absolute atomic E-state index is 12.4. The number of phenolic OH excluding ortho intramolecular Hbond substituents is 1. The van der Waals surface area contributed by atoms with Gasteiger partial charge < -0.3 is 19.5 Å². The number of nitrogens with zero attached hydrogens (tertiary/aromatic N) is 1. The van der Waals surface area contributed by atoms with Gasteiger partial charge in [0.25, 0.3) is 5.91 Å². The van der Waals surface area contributed by atoms with Gasteiger partial charge in [-0.05, 0) is 53.6 Å². The van der Waals surface area contributed by atoms with Crippen LogP contribution in [0, 0.1) is 6.92 Å². The van der Waals surface area contributed by atoms with Crippen LogP contribution >= 0.6 is 0 Å². The second-order valence-electron chi connectivity index (χ2n) is 6.89. The lowest BCUT2D eigenvalue weighted by atomic mass is 10.1. The van der Waals surface area contributed by atoms with Gasteiger partial charge in [-0.15, -0.1) is 0 Å². The molecule has 3 rings (SSSR count). The van der Waals surface area contributed by atoms with Gasteiger partial charge in [0.05, 0.1) is 7.11 Å². The van der Waals surface area contributed by atoms with Crippen LogP contribution in [-0.2, 0) is 16.1 Å². The molecular weight excluding hydrogens is 370 g/mol. The van der Waals surface area contributed by atoms with E-state index in [1.165, 1.54) is 17.0 Å². The SMILES string of the molecule is COc1ccc2cc(CN(C)C(=O)COC(=O)c3cc(C)ccc3O)ccc2c1. The van der Waals surface area contributed by atoms with E-state index < -0.39 is 12.6 Å². The number of esters is 1. The van der Waals surface area contributed by atoms with E-state index in [-0.39, 0.29) is 17.2 Å². The molecule has 6 nitrogen and oxygen atoms in total. The number of aryl methyl sites for hydroxylation is 1. The van der Waals surface area contributed by atoms with Gasteiger partial charge in [0, 0.05) is 13.6 Å². The zero-order chi connectivity index (χ0) is 21.0. The van der Waals surface area contributed by atoms with Gasteiger partial charge in [-0.3, -0.25) is 4.79 Å². The first-order valence-corrected chi connectivity index (χ1v) is 9.15. The number of likely N-dealkylation sites (N-methyl/N-ethyl adjacent to an activating group) is 1. The molecule has 0 spiro atoms. The highest BCUT2D eigenvalue weighted by Gasteiger charge is 2.17. The number of rotatable bonds is 6. The molecule has 150 valence electrons. The predicted octanol–water partition coefficient (Wildman–Crippen LogP) is 3.68. The minimum atomic E-state index is -0.729. The van der Waals surface area contributed by atoms with Crippen LogP contribution in [0.5, 0.6) is 11.5 Å². The van der Waals surface area contributed by atoms with Crippen LogP contribution in [0.2, 0.25) is 0 Å². The van der Waals surface area contributed by atoms with Crippen LogP contribution in [-0.4, -0.2) is 42.6 Å². The smallest absolute Gasteiger partial charge is 0.342 e. The Balaban J connectivity index is 1.61. The normalized spacial score (nSPS) is 10.6. The largest absolute Gasteiger partial charge is 0.507 e. The Morgan fingerprint density at radius 2 is 1.72 bits per heavy atom. The fourth-order valence-electron chi connectivity index (χ4n) is 2.99. The average Bonchev–Trinajstić information content (AvgIpc) is 2.72. The van der Waals surface area contributed by atoms with Crippen LogP contribution < -0.4 is 4.74 Å². The van der Waals surface area contributed by atoms with E-state index in [9.17, 15) is 14.7 Å². The van der Waals surface area contributed by atoms with E-state index in [1.54, 1.807) is 27.1 Å². The maximum atomic E-state index is 12.4. The Morgan fingerprint density at radius 3 is 2.48 bits per heavy atom. The summed E-state index contributed by atoms with van der Waals surface area (Å²) in [6, 6.07) is 16.4. The highest BCUT2D eigenvalue weighted by molar-refractivity contribution is 5.94. The monoisotopic (exact) mass is 393 g/mol. The molecule has 0 unspecified atom stereocenters. The van der Waals surface area contributed by atoms with Crippen molar-refractivity contribution >= 4 is 22.6 Å². The third kappa shape index (κ3) is 4.85. The van der Waals surface area contributed by atoms with Crippen molar-refractivity contribution in [2.45, 2.75) is 13.5 Å². The Bertz CT molecular complexity index is 1060. The fourth-order valence-corrected chi connectivity index (χ4v) is 2.99. The molecule has 0 aliphatic heterocycles. The summed E-state index contributed by atoms with van der Waals surface area (Å²) in [6.45, 7) is 1.79. The van der Waals surface area contributed by atoms with Gasteiger partial charge in [-0.1, -0.05) is 29.8 Å². The van der Waals surface area contributed by atoms with E-state index >= 15 is 0 Å². The van der Waals surface area contributed by atoms with Crippen molar-refractivity contribution in [2.24, 2.45) is 0 Å². The molecule has 29 heavy (non-hydrogen) atoms. The fraction of sp³-hybridized carbons (Fsp3) is 0.217. The second kappa shape index (κ2) is 8.65. The van der Waals surface area contributed by atoms with E-state index in [1.807, 2.05) is 36.4 Å². The summed E-state index contributed by atoms with van der Waals surface area (Å²) >= 11 is 0. The quantitative estimate of drug-likeness (QED) is 0.647. The summed E-state index contributed by atoms with van der Waals surface area (Å²) in [7, 11) is 3.28. The molecule has 0 atom stereocenters. The first-order valence-electron chi connectivity index (χ1n) is 9.15. The Hall–Kier alpha value is -3.54. The Kier molecular flexibility index (Phi) is 6.02. The van der Waals surface area contributed by atoms with E-state index in [4.69, 9.17) is 9.47 Å². The standard InChI is InChI=1S/C23H23NO5/c1-15-4-9-21(25)20(10-15)23(27)29-14-22(26)24(2)13-16-5-6-18-12-19(28-3)8-7-17(18)11-16/h4-12,25H,13-14H2,1-3H3. The number of hydrogen-bond donors (Lipinski definition) is 1. The Labute approximate surface area is 169 Å². The van der Waals surface area contributed by atoms with Gasteiger partial charge in [-0.2, -0.15) is 0 Å². The van der Waals surface area contributed by atoms with Gasteiger partial charge >= 0.3 is 5.97 Å². The molecule has 0 radical (unpaired) electrons. The van der Waals surface area contributed by atoms with Crippen molar-refractivity contribution in [3.8, 4) is 11.5 Å². The van der Waals surface area contributed by atoms with Crippen molar-refractivity contribution in [3.63, 3.8) is 0 Å². The summed E-state index contributed by atoms with van der Waals surface area (Å²) in [6.07, 6.45) is 0. The van der Waals surface area contributed by atoms with Gasteiger partial charge in [0.2, 0.25) is 0 Å². The van der Waals surface area contributed by atoms with Crippen LogP contribution in [0.4, 0.5) is 0 Å². The molecule has 0 saturated carbocycles. The highest BCUT2D eigenvalue weighted by Crippen LogP contribution is 2.22. The number of carbonyl (C=O) groups excluding carboxylic acids is 2. The van der Waals surface area contributed by atoms with Gasteiger partial charge in [-0.25, -0.2) is 4.79 Å². The first kappa shape index (κ1) is 20.2. The molecule has 0 aromatic heterocycles.